The molecule has 1 aromatic rings. The maximum absolute atomic E-state index is 12.0. The molecule has 1 aromatic carbocycles. The van der Waals surface area contributed by atoms with Crippen LogP contribution in [0, 0.1) is 0 Å². The van der Waals surface area contributed by atoms with Gasteiger partial charge in [0.25, 0.3) is 0 Å². The molecule has 1 N–H and O–H groups in total. The largest absolute Gasteiger partial charge is 0.383 e. The SMILES string of the molecule is COCCNS(=O)(=O)C(C)c1ccc(OS(C)(=O)=O)cc1. The van der Waals surface area contributed by atoms with Crippen molar-refractivity contribution < 1.29 is 25.8 Å². The molecule has 0 bridgehead atoms. The first-order valence-corrected chi connectivity index (χ1v) is 9.49. The average molecular weight is 337 g/mol. The molecule has 0 heterocycles. The Bertz CT molecular complexity index is 651. The number of rotatable bonds is 8. The molecular formula is C12H19NO6S2. The fourth-order valence-electron chi connectivity index (χ4n) is 1.56. The Morgan fingerprint density at radius 3 is 2.19 bits per heavy atom. The van der Waals surface area contributed by atoms with Crippen LogP contribution in [0.2, 0.25) is 0 Å². The third kappa shape index (κ3) is 6.00. The maximum atomic E-state index is 12.0. The Labute approximate surface area is 125 Å². The van der Waals surface area contributed by atoms with E-state index in [-0.39, 0.29) is 18.9 Å². The van der Waals surface area contributed by atoms with Gasteiger partial charge >= 0.3 is 10.1 Å². The minimum Gasteiger partial charge on any atom is -0.383 e. The fraction of sp³-hybridized carbons (Fsp3) is 0.500. The fourth-order valence-corrected chi connectivity index (χ4v) is 3.15. The minimum absolute atomic E-state index is 0.137. The van der Waals surface area contributed by atoms with Crippen LogP contribution in [-0.2, 0) is 24.9 Å². The van der Waals surface area contributed by atoms with Crippen LogP contribution in [-0.4, -0.2) is 43.4 Å². The molecule has 1 atom stereocenters. The molecule has 0 saturated carbocycles. The number of methoxy groups -OCH3 is 1. The summed E-state index contributed by atoms with van der Waals surface area (Å²) in [7, 11) is -5.64. The highest BCUT2D eigenvalue weighted by atomic mass is 32.2. The van der Waals surface area contributed by atoms with Crippen molar-refractivity contribution in [3.05, 3.63) is 29.8 Å². The Balaban J connectivity index is 2.81. The van der Waals surface area contributed by atoms with Gasteiger partial charge in [0.2, 0.25) is 10.0 Å². The van der Waals surface area contributed by atoms with Crippen molar-refractivity contribution in [2.45, 2.75) is 12.2 Å². The number of ether oxygens (including phenoxy) is 1. The lowest BCUT2D eigenvalue weighted by Gasteiger charge is -2.14. The summed E-state index contributed by atoms with van der Waals surface area (Å²) in [5.41, 5.74) is 0.528. The van der Waals surface area contributed by atoms with E-state index in [1.54, 1.807) is 6.92 Å². The van der Waals surface area contributed by atoms with Gasteiger partial charge in [0.1, 0.15) is 5.75 Å². The molecule has 1 rings (SSSR count). The minimum atomic E-state index is -3.60. The molecule has 9 heteroatoms. The molecule has 0 spiro atoms. The van der Waals surface area contributed by atoms with Crippen LogP contribution in [0.15, 0.2) is 24.3 Å². The van der Waals surface area contributed by atoms with Gasteiger partial charge in [-0.3, -0.25) is 0 Å². The van der Waals surface area contributed by atoms with Crippen molar-refractivity contribution in [3.8, 4) is 5.75 Å². The molecule has 0 aliphatic heterocycles. The first-order chi connectivity index (χ1) is 9.65. The molecular weight excluding hydrogens is 318 g/mol. The first-order valence-electron chi connectivity index (χ1n) is 6.12. The highest BCUT2D eigenvalue weighted by Crippen LogP contribution is 2.23. The Kier molecular flexibility index (Phi) is 6.14. The summed E-state index contributed by atoms with van der Waals surface area (Å²) in [6, 6.07) is 5.86. The van der Waals surface area contributed by atoms with E-state index in [0.29, 0.717) is 5.56 Å². The Morgan fingerprint density at radius 2 is 1.71 bits per heavy atom. The summed E-state index contributed by atoms with van der Waals surface area (Å²) in [5.74, 6) is 0.137. The molecule has 7 nitrogen and oxygen atoms in total. The lowest BCUT2D eigenvalue weighted by atomic mass is 10.2. The van der Waals surface area contributed by atoms with Crippen molar-refractivity contribution >= 4 is 20.1 Å². The van der Waals surface area contributed by atoms with Crippen LogP contribution >= 0.6 is 0 Å². The smallest absolute Gasteiger partial charge is 0.306 e. The number of benzene rings is 1. The van der Waals surface area contributed by atoms with Gasteiger partial charge in [0.05, 0.1) is 18.1 Å². The summed E-state index contributed by atoms with van der Waals surface area (Å²) in [5, 5.41) is -0.776. The van der Waals surface area contributed by atoms with E-state index in [4.69, 9.17) is 8.92 Å². The Morgan fingerprint density at radius 1 is 1.14 bits per heavy atom. The quantitative estimate of drug-likeness (QED) is 0.552. The van der Waals surface area contributed by atoms with Crippen molar-refractivity contribution in [1.29, 1.82) is 0 Å². The predicted octanol–water partition coefficient (Wildman–Crippen LogP) is 0.652. The number of nitrogens with one attached hydrogen (secondary N) is 1. The normalized spacial score (nSPS) is 13.9. The number of hydrogen-bond donors (Lipinski definition) is 1. The van der Waals surface area contributed by atoms with Crippen molar-refractivity contribution in [2.24, 2.45) is 0 Å². The zero-order valence-corrected chi connectivity index (χ0v) is 13.7. The highest BCUT2D eigenvalue weighted by Gasteiger charge is 2.22. The van der Waals surface area contributed by atoms with E-state index in [0.717, 1.165) is 6.26 Å². The van der Waals surface area contributed by atoms with Gasteiger partial charge in [-0.15, -0.1) is 0 Å². The first kappa shape index (κ1) is 17.9. The van der Waals surface area contributed by atoms with Crippen molar-refractivity contribution in [1.82, 2.24) is 4.72 Å². The molecule has 0 aromatic heterocycles. The summed E-state index contributed by atoms with van der Waals surface area (Å²) < 4.78 is 57.9. The second-order valence-corrected chi connectivity index (χ2v) is 8.09. The van der Waals surface area contributed by atoms with Crippen LogP contribution in [0.4, 0.5) is 0 Å². The lowest BCUT2D eigenvalue weighted by molar-refractivity contribution is 0.204. The molecule has 0 amide bonds. The van der Waals surface area contributed by atoms with E-state index in [9.17, 15) is 16.8 Å². The van der Waals surface area contributed by atoms with Gasteiger partial charge in [0, 0.05) is 13.7 Å². The molecule has 21 heavy (non-hydrogen) atoms. The molecule has 0 radical (unpaired) electrons. The number of sulfonamides is 1. The average Bonchev–Trinajstić information content (AvgIpc) is 2.37. The highest BCUT2D eigenvalue weighted by molar-refractivity contribution is 7.89. The van der Waals surface area contributed by atoms with E-state index in [1.807, 2.05) is 0 Å². The van der Waals surface area contributed by atoms with Crippen LogP contribution in [0.25, 0.3) is 0 Å². The molecule has 120 valence electrons. The van der Waals surface area contributed by atoms with Gasteiger partial charge in [-0.1, -0.05) is 12.1 Å². The van der Waals surface area contributed by atoms with Gasteiger partial charge in [0.15, 0.2) is 0 Å². The second kappa shape index (κ2) is 7.21. The maximum Gasteiger partial charge on any atom is 0.306 e. The van der Waals surface area contributed by atoms with Gasteiger partial charge in [-0.05, 0) is 24.6 Å². The molecule has 0 fully saturated rings. The van der Waals surface area contributed by atoms with E-state index >= 15 is 0 Å². The third-order valence-electron chi connectivity index (χ3n) is 2.67. The van der Waals surface area contributed by atoms with Gasteiger partial charge in [-0.2, -0.15) is 8.42 Å². The molecule has 0 aliphatic rings. The summed E-state index contributed by atoms with van der Waals surface area (Å²) >= 11 is 0. The van der Waals surface area contributed by atoms with E-state index in [1.165, 1.54) is 31.4 Å². The Hall–Kier alpha value is -1.16. The lowest BCUT2D eigenvalue weighted by Crippen LogP contribution is -2.30. The summed E-state index contributed by atoms with van der Waals surface area (Å²) in [6.45, 7) is 2.02. The molecule has 0 aliphatic carbocycles. The van der Waals surface area contributed by atoms with Crippen molar-refractivity contribution in [2.75, 3.05) is 26.5 Å². The van der Waals surface area contributed by atoms with Gasteiger partial charge < -0.3 is 8.92 Å². The number of hydrogen-bond acceptors (Lipinski definition) is 6. The third-order valence-corrected chi connectivity index (χ3v) is 4.98. The van der Waals surface area contributed by atoms with Crippen LogP contribution in [0.1, 0.15) is 17.7 Å². The van der Waals surface area contributed by atoms with Gasteiger partial charge in [-0.25, -0.2) is 13.1 Å². The van der Waals surface area contributed by atoms with Crippen LogP contribution in [0.5, 0.6) is 5.75 Å². The second-order valence-electron chi connectivity index (χ2n) is 4.43. The standard InChI is InChI=1S/C12H19NO6S2/c1-10(21(16,17)13-8-9-18-2)11-4-6-12(7-5-11)19-20(3,14)15/h4-7,10,13H,8-9H2,1-3H3. The molecule has 1 unspecified atom stereocenters. The van der Waals surface area contributed by atoms with Crippen LogP contribution < -0.4 is 8.91 Å². The zero-order valence-electron chi connectivity index (χ0n) is 12.1. The molecule has 0 saturated heterocycles. The van der Waals surface area contributed by atoms with E-state index in [2.05, 4.69) is 4.72 Å². The topological polar surface area (TPSA) is 98.8 Å². The summed E-state index contributed by atoms with van der Waals surface area (Å²) in [6.07, 6.45) is 0.938. The predicted molar refractivity (Wildman–Crippen MR) is 79.1 cm³/mol. The zero-order chi connectivity index (χ0) is 16.1. The monoisotopic (exact) mass is 337 g/mol. The van der Waals surface area contributed by atoms with Crippen molar-refractivity contribution in [3.63, 3.8) is 0 Å². The summed E-state index contributed by atoms with van der Waals surface area (Å²) in [4.78, 5) is 0. The van der Waals surface area contributed by atoms with Crippen LogP contribution in [0.3, 0.4) is 0 Å². The van der Waals surface area contributed by atoms with E-state index < -0.39 is 25.4 Å².